The molecule has 0 radical (unpaired) electrons. The third-order valence-electron chi connectivity index (χ3n) is 2.69. The normalized spacial score (nSPS) is 10.1. The zero-order valence-electron chi connectivity index (χ0n) is 10.4. The Morgan fingerprint density at radius 2 is 1.60 bits per heavy atom. The number of rotatable bonds is 4. The number of benzene rings is 2. The van der Waals surface area contributed by atoms with Crippen molar-refractivity contribution >= 4 is 11.9 Å². The highest BCUT2D eigenvalue weighted by atomic mass is 19.1. The van der Waals surface area contributed by atoms with Gasteiger partial charge in [-0.1, -0.05) is 30.3 Å². The molecule has 0 saturated heterocycles. The van der Waals surface area contributed by atoms with Crippen molar-refractivity contribution in [1.29, 1.82) is 0 Å². The Balaban J connectivity index is 2.14. The Morgan fingerprint density at radius 1 is 1.00 bits per heavy atom. The minimum atomic E-state index is -1.22. The van der Waals surface area contributed by atoms with E-state index in [1.807, 2.05) is 0 Å². The Hall–Kier alpha value is -2.69. The fourth-order valence-electron chi connectivity index (χ4n) is 1.68. The topological polar surface area (TPSA) is 63.6 Å². The summed E-state index contributed by atoms with van der Waals surface area (Å²) < 4.78 is 18.3. The third kappa shape index (κ3) is 3.00. The molecule has 0 aliphatic rings. The van der Waals surface area contributed by atoms with E-state index in [2.05, 4.69) is 0 Å². The quantitative estimate of drug-likeness (QED) is 0.871. The number of halogens is 1. The summed E-state index contributed by atoms with van der Waals surface area (Å²) in [4.78, 5) is 22.8. The minimum absolute atomic E-state index is 0.0589. The largest absolute Gasteiger partial charge is 0.478 e. The van der Waals surface area contributed by atoms with Crippen LogP contribution >= 0.6 is 0 Å². The van der Waals surface area contributed by atoms with E-state index in [1.165, 1.54) is 42.5 Å². The fraction of sp³-hybridized carbons (Fsp3) is 0.0667. The van der Waals surface area contributed by atoms with Gasteiger partial charge in [0.2, 0.25) is 0 Å². The number of hydrogen-bond acceptors (Lipinski definition) is 3. The molecule has 0 heterocycles. The molecule has 0 atom stereocenters. The maximum absolute atomic E-state index is 13.4. The number of ether oxygens (including phenoxy) is 1. The standard InChI is InChI=1S/C15H11FO4/c16-13-8-4-1-5-10(13)9-20-15(19)12-7-3-2-6-11(12)14(17)18/h1-8H,9H2,(H,17,18). The Bertz CT molecular complexity index is 652. The second kappa shape index (κ2) is 5.97. The summed E-state index contributed by atoms with van der Waals surface area (Å²) in [7, 11) is 0. The van der Waals surface area contributed by atoms with Crippen molar-refractivity contribution in [3.63, 3.8) is 0 Å². The second-order valence-corrected chi connectivity index (χ2v) is 4.02. The number of carboxylic acids is 1. The van der Waals surface area contributed by atoms with E-state index in [4.69, 9.17) is 9.84 Å². The molecule has 2 aromatic rings. The van der Waals surface area contributed by atoms with Crippen LogP contribution in [0.3, 0.4) is 0 Å². The highest BCUT2D eigenvalue weighted by Crippen LogP contribution is 2.13. The van der Waals surface area contributed by atoms with Gasteiger partial charge in [-0.2, -0.15) is 0 Å². The van der Waals surface area contributed by atoms with Crippen LogP contribution in [0.15, 0.2) is 48.5 Å². The molecule has 102 valence electrons. The van der Waals surface area contributed by atoms with E-state index in [9.17, 15) is 14.0 Å². The average molecular weight is 274 g/mol. The van der Waals surface area contributed by atoms with Gasteiger partial charge in [0.05, 0.1) is 11.1 Å². The lowest BCUT2D eigenvalue weighted by atomic mass is 10.1. The minimum Gasteiger partial charge on any atom is -0.478 e. The predicted octanol–water partition coefficient (Wildman–Crippen LogP) is 2.88. The van der Waals surface area contributed by atoms with Crippen molar-refractivity contribution in [3.05, 3.63) is 71.0 Å². The number of carbonyl (C=O) groups excluding carboxylic acids is 1. The summed E-state index contributed by atoms with van der Waals surface area (Å²) in [6, 6.07) is 11.6. The zero-order chi connectivity index (χ0) is 14.5. The molecular weight excluding hydrogens is 263 g/mol. The van der Waals surface area contributed by atoms with Crippen LogP contribution in [0.2, 0.25) is 0 Å². The third-order valence-corrected chi connectivity index (χ3v) is 2.69. The van der Waals surface area contributed by atoms with Gasteiger partial charge in [0, 0.05) is 5.56 Å². The lowest BCUT2D eigenvalue weighted by molar-refractivity contribution is 0.0460. The van der Waals surface area contributed by atoms with Crippen LogP contribution in [-0.4, -0.2) is 17.0 Å². The molecule has 0 saturated carbocycles. The summed E-state index contributed by atoms with van der Waals surface area (Å²) in [5.74, 6) is -2.50. The Labute approximate surface area is 114 Å². The highest BCUT2D eigenvalue weighted by molar-refractivity contribution is 6.02. The van der Waals surface area contributed by atoms with Crippen LogP contribution in [0.4, 0.5) is 4.39 Å². The summed E-state index contributed by atoms with van der Waals surface area (Å²) in [5.41, 5.74) is 0.0241. The highest BCUT2D eigenvalue weighted by Gasteiger charge is 2.17. The van der Waals surface area contributed by atoms with Crippen LogP contribution in [0.1, 0.15) is 26.3 Å². The number of carboxylic acid groups (broad SMARTS) is 1. The molecule has 20 heavy (non-hydrogen) atoms. The van der Waals surface area contributed by atoms with E-state index in [1.54, 1.807) is 6.07 Å². The first kappa shape index (κ1) is 13.7. The Kier molecular flexibility index (Phi) is 4.10. The fourth-order valence-corrected chi connectivity index (χ4v) is 1.68. The average Bonchev–Trinajstić information content (AvgIpc) is 2.46. The predicted molar refractivity (Wildman–Crippen MR) is 68.9 cm³/mol. The maximum atomic E-state index is 13.4. The van der Waals surface area contributed by atoms with Crippen LogP contribution < -0.4 is 0 Å². The molecule has 0 spiro atoms. The number of esters is 1. The van der Waals surface area contributed by atoms with Crippen molar-refractivity contribution in [2.45, 2.75) is 6.61 Å². The van der Waals surface area contributed by atoms with E-state index >= 15 is 0 Å². The summed E-state index contributed by atoms with van der Waals surface area (Å²) in [6.07, 6.45) is 0. The van der Waals surface area contributed by atoms with Gasteiger partial charge in [-0.3, -0.25) is 0 Å². The molecule has 2 rings (SSSR count). The maximum Gasteiger partial charge on any atom is 0.339 e. The van der Waals surface area contributed by atoms with Crippen LogP contribution in [-0.2, 0) is 11.3 Å². The first-order chi connectivity index (χ1) is 9.59. The van der Waals surface area contributed by atoms with Crippen LogP contribution in [0.25, 0.3) is 0 Å². The lowest BCUT2D eigenvalue weighted by Gasteiger charge is -2.07. The SMILES string of the molecule is O=C(O)c1ccccc1C(=O)OCc1ccccc1F. The molecule has 0 amide bonds. The van der Waals surface area contributed by atoms with Gasteiger partial charge in [0.15, 0.2) is 0 Å². The van der Waals surface area contributed by atoms with Gasteiger partial charge in [0.25, 0.3) is 0 Å². The molecule has 2 aromatic carbocycles. The molecule has 0 aliphatic heterocycles. The molecule has 0 unspecified atom stereocenters. The Morgan fingerprint density at radius 3 is 2.25 bits per heavy atom. The molecule has 0 aliphatic carbocycles. The second-order valence-electron chi connectivity index (χ2n) is 4.02. The summed E-state index contributed by atoms with van der Waals surface area (Å²) >= 11 is 0. The van der Waals surface area contributed by atoms with Crippen molar-refractivity contribution in [2.75, 3.05) is 0 Å². The van der Waals surface area contributed by atoms with E-state index < -0.39 is 17.8 Å². The molecule has 0 bridgehead atoms. The molecule has 5 heteroatoms. The first-order valence-electron chi connectivity index (χ1n) is 5.82. The zero-order valence-corrected chi connectivity index (χ0v) is 10.4. The molecule has 0 aromatic heterocycles. The monoisotopic (exact) mass is 274 g/mol. The first-order valence-corrected chi connectivity index (χ1v) is 5.82. The summed E-state index contributed by atoms with van der Waals surface area (Å²) in [6.45, 7) is -0.251. The van der Waals surface area contributed by atoms with Gasteiger partial charge in [-0.05, 0) is 18.2 Å². The lowest BCUT2D eigenvalue weighted by Crippen LogP contribution is -2.11. The van der Waals surface area contributed by atoms with Crippen LogP contribution in [0, 0.1) is 5.82 Å². The van der Waals surface area contributed by atoms with E-state index in [-0.39, 0.29) is 23.3 Å². The van der Waals surface area contributed by atoms with Gasteiger partial charge in [0.1, 0.15) is 12.4 Å². The number of aromatic carboxylic acids is 1. The van der Waals surface area contributed by atoms with Gasteiger partial charge in [-0.15, -0.1) is 0 Å². The molecular formula is C15H11FO4. The molecule has 0 fully saturated rings. The smallest absolute Gasteiger partial charge is 0.339 e. The van der Waals surface area contributed by atoms with Crippen molar-refractivity contribution in [2.24, 2.45) is 0 Å². The van der Waals surface area contributed by atoms with Gasteiger partial charge in [-0.25, -0.2) is 14.0 Å². The van der Waals surface area contributed by atoms with E-state index in [0.29, 0.717) is 0 Å². The van der Waals surface area contributed by atoms with Crippen molar-refractivity contribution < 1.29 is 23.8 Å². The molecule has 1 N–H and O–H groups in total. The van der Waals surface area contributed by atoms with Gasteiger partial charge >= 0.3 is 11.9 Å². The van der Waals surface area contributed by atoms with Crippen molar-refractivity contribution in [1.82, 2.24) is 0 Å². The van der Waals surface area contributed by atoms with Gasteiger partial charge < -0.3 is 9.84 Å². The van der Waals surface area contributed by atoms with Crippen LogP contribution in [0.5, 0.6) is 0 Å². The number of hydrogen-bond donors (Lipinski definition) is 1. The van der Waals surface area contributed by atoms with E-state index in [0.717, 1.165) is 0 Å². The number of carbonyl (C=O) groups is 2. The molecule has 4 nitrogen and oxygen atoms in total. The van der Waals surface area contributed by atoms with Crippen molar-refractivity contribution in [3.8, 4) is 0 Å². The summed E-state index contributed by atoms with van der Waals surface area (Å²) in [5, 5.41) is 8.98.